The quantitative estimate of drug-likeness (QED) is 0.498. The summed E-state index contributed by atoms with van der Waals surface area (Å²) in [5, 5.41) is 4.62. The van der Waals surface area contributed by atoms with Gasteiger partial charge in [0, 0.05) is 17.6 Å². The molecule has 0 aliphatic heterocycles. The molecular weight excluding hydrogens is 455 g/mol. The molecule has 0 saturated heterocycles. The van der Waals surface area contributed by atoms with Crippen molar-refractivity contribution in [1.29, 1.82) is 0 Å². The van der Waals surface area contributed by atoms with Crippen LogP contribution in [0.3, 0.4) is 0 Å². The number of carbonyl (C=O) groups excluding carboxylic acids is 2. The molecule has 2 aromatic carbocycles. The zero-order valence-corrected chi connectivity index (χ0v) is 19.8. The summed E-state index contributed by atoms with van der Waals surface area (Å²) in [7, 11) is 0. The molecule has 1 atom stereocenters. The molecular formula is C24H27Cl3N2O2. The van der Waals surface area contributed by atoms with Gasteiger partial charge in [0.15, 0.2) is 0 Å². The second-order valence-electron chi connectivity index (χ2n) is 7.99. The Morgan fingerprint density at radius 3 is 2.26 bits per heavy atom. The molecule has 0 aromatic heterocycles. The smallest absolute Gasteiger partial charge is 0.243 e. The van der Waals surface area contributed by atoms with E-state index in [1.807, 2.05) is 19.1 Å². The minimum absolute atomic E-state index is 0.0918. The predicted molar refractivity (Wildman–Crippen MR) is 127 cm³/mol. The molecule has 2 aromatic rings. The van der Waals surface area contributed by atoms with E-state index >= 15 is 0 Å². The number of halogens is 3. The number of nitrogens with one attached hydrogen (secondary N) is 1. The number of carbonyl (C=O) groups is 2. The molecule has 1 aliphatic rings. The van der Waals surface area contributed by atoms with Crippen molar-refractivity contribution in [1.82, 2.24) is 10.2 Å². The van der Waals surface area contributed by atoms with Crippen molar-refractivity contribution in [3.05, 3.63) is 68.7 Å². The van der Waals surface area contributed by atoms with Crippen LogP contribution < -0.4 is 5.32 Å². The van der Waals surface area contributed by atoms with Crippen molar-refractivity contribution >= 4 is 46.6 Å². The van der Waals surface area contributed by atoms with Crippen molar-refractivity contribution in [3.8, 4) is 0 Å². The van der Waals surface area contributed by atoms with E-state index in [1.165, 1.54) is 0 Å². The molecule has 1 N–H and O–H groups in total. The van der Waals surface area contributed by atoms with Crippen LogP contribution in [0.1, 0.15) is 50.2 Å². The van der Waals surface area contributed by atoms with Gasteiger partial charge in [-0.05, 0) is 54.7 Å². The highest BCUT2D eigenvalue weighted by Gasteiger charge is 2.30. The molecule has 0 heterocycles. The number of hydrogen-bond donors (Lipinski definition) is 1. The number of amides is 2. The van der Waals surface area contributed by atoms with E-state index in [9.17, 15) is 9.59 Å². The van der Waals surface area contributed by atoms with E-state index in [2.05, 4.69) is 5.32 Å². The molecule has 3 rings (SSSR count). The third kappa shape index (κ3) is 6.61. The monoisotopic (exact) mass is 480 g/mol. The average Bonchev–Trinajstić information content (AvgIpc) is 3.25. The first-order valence-electron chi connectivity index (χ1n) is 10.7. The van der Waals surface area contributed by atoms with Crippen LogP contribution in [0.25, 0.3) is 0 Å². The standard InChI is InChI=1S/C24H27Cl3N2O2/c1-2-22(24(31)28-19-5-3-4-6-19)29(15-16-7-10-18(25)11-8-16)23(30)14-17-9-12-20(26)21(27)13-17/h7-13,19,22H,2-6,14-15H2,1H3,(H,28,31). The summed E-state index contributed by atoms with van der Waals surface area (Å²) >= 11 is 18.1. The third-order valence-corrected chi connectivity index (χ3v) is 6.68. The highest BCUT2D eigenvalue weighted by molar-refractivity contribution is 6.42. The van der Waals surface area contributed by atoms with Gasteiger partial charge in [0.05, 0.1) is 16.5 Å². The average molecular weight is 482 g/mol. The van der Waals surface area contributed by atoms with Gasteiger partial charge in [-0.3, -0.25) is 9.59 Å². The zero-order chi connectivity index (χ0) is 22.4. The molecule has 1 fully saturated rings. The van der Waals surface area contributed by atoms with Crippen LogP contribution in [0.2, 0.25) is 15.1 Å². The Kier molecular flexibility index (Phi) is 8.65. The fourth-order valence-electron chi connectivity index (χ4n) is 4.00. The molecule has 2 amide bonds. The van der Waals surface area contributed by atoms with E-state index in [-0.39, 0.29) is 24.3 Å². The van der Waals surface area contributed by atoms with Gasteiger partial charge in [0.25, 0.3) is 0 Å². The summed E-state index contributed by atoms with van der Waals surface area (Å²) in [6.45, 7) is 2.26. The fourth-order valence-corrected chi connectivity index (χ4v) is 4.45. The van der Waals surface area contributed by atoms with Gasteiger partial charge >= 0.3 is 0 Å². The first-order chi connectivity index (χ1) is 14.9. The zero-order valence-electron chi connectivity index (χ0n) is 17.5. The van der Waals surface area contributed by atoms with E-state index in [1.54, 1.807) is 35.2 Å². The molecule has 4 nitrogen and oxygen atoms in total. The lowest BCUT2D eigenvalue weighted by molar-refractivity contribution is -0.141. The van der Waals surface area contributed by atoms with Crippen molar-refractivity contribution in [2.75, 3.05) is 0 Å². The van der Waals surface area contributed by atoms with Gasteiger partial charge in [-0.15, -0.1) is 0 Å². The Labute approximate surface area is 198 Å². The summed E-state index contributed by atoms with van der Waals surface area (Å²) in [6.07, 6.45) is 4.92. The van der Waals surface area contributed by atoms with Crippen molar-refractivity contribution in [2.45, 2.75) is 64.1 Å². The van der Waals surface area contributed by atoms with Crippen LogP contribution in [-0.2, 0) is 22.6 Å². The Balaban J connectivity index is 1.82. The molecule has 31 heavy (non-hydrogen) atoms. The lowest BCUT2D eigenvalue weighted by Gasteiger charge is -2.31. The molecule has 0 spiro atoms. The number of hydrogen-bond acceptors (Lipinski definition) is 2. The molecule has 1 unspecified atom stereocenters. The van der Waals surface area contributed by atoms with Gasteiger partial charge in [-0.2, -0.15) is 0 Å². The van der Waals surface area contributed by atoms with Crippen molar-refractivity contribution < 1.29 is 9.59 Å². The minimum Gasteiger partial charge on any atom is -0.352 e. The van der Waals surface area contributed by atoms with Crippen LogP contribution >= 0.6 is 34.8 Å². The normalized spacial score (nSPS) is 15.0. The Hall–Kier alpha value is -1.75. The summed E-state index contributed by atoms with van der Waals surface area (Å²) in [6, 6.07) is 12.1. The molecule has 7 heteroatoms. The van der Waals surface area contributed by atoms with Gasteiger partial charge in [0.1, 0.15) is 6.04 Å². The second-order valence-corrected chi connectivity index (χ2v) is 9.24. The molecule has 1 aliphatic carbocycles. The van der Waals surface area contributed by atoms with Crippen molar-refractivity contribution in [3.63, 3.8) is 0 Å². The summed E-state index contributed by atoms with van der Waals surface area (Å²) in [5.41, 5.74) is 1.67. The first kappa shape index (κ1) is 23.9. The van der Waals surface area contributed by atoms with Crippen LogP contribution in [-0.4, -0.2) is 28.8 Å². The van der Waals surface area contributed by atoms with Crippen molar-refractivity contribution in [2.24, 2.45) is 0 Å². The van der Waals surface area contributed by atoms with Gasteiger partial charge in [0.2, 0.25) is 11.8 Å². The summed E-state index contributed by atoms with van der Waals surface area (Å²) < 4.78 is 0. The Morgan fingerprint density at radius 1 is 1.00 bits per heavy atom. The lowest BCUT2D eigenvalue weighted by Crippen LogP contribution is -2.51. The third-order valence-electron chi connectivity index (χ3n) is 5.69. The number of nitrogens with zero attached hydrogens (tertiary/aromatic N) is 1. The highest BCUT2D eigenvalue weighted by atomic mass is 35.5. The topological polar surface area (TPSA) is 49.4 Å². The van der Waals surface area contributed by atoms with Crippen LogP contribution in [0, 0.1) is 0 Å². The second kappa shape index (κ2) is 11.2. The van der Waals surface area contributed by atoms with Crippen LogP contribution in [0.5, 0.6) is 0 Å². The van der Waals surface area contributed by atoms with Gasteiger partial charge in [-0.25, -0.2) is 0 Å². The summed E-state index contributed by atoms with van der Waals surface area (Å²) in [4.78, 5) is 28.1. The van der Waals surface area contributed by atoms with Crippen LogP contribution in [0.15, 0.2) is 42.5 Å². The predicted octanol–water partition coefficient (Wildman–Crippen LogP) is 6.06. The maximum Gasteiger partial charge on any atom is 0.243 e. The summed E-state index contributed by atoms with van der Waals surface area (Å²) in [5.74, 6) is -0.229. The Bertz CT molecular complexity index is 912. The maximum absolute atomic E-state index is 13.4. The lowest BCUT2D eigenvalue weighted by atomic mass is 10.1. The molecule has 0 bridgehead atoms. The van der Waals surface area contributed by atoms with E-state index in [0.29, 0.717) is 28.0 Å². The highest BCUT2D eigenvalue weighted by Crippen LogP contribution is 2.24. The maximum atomic E-state index is 13.4. The van der Waals surface area contributed by atoms with E-state index < -0.39 is 6.04 Å². The number of benzene rings is 2. The SMILES string of the molecule is CCC(C(=O)NC1CCCC1)N(Cc1ccc(Cl)cc1)C(=O)Cc1ccc(Cl)c(Cl)c1. The van der Waals surface area contributed by atoms with Gasteiger partial charge in [-0.1, -0.05) is 72.8 Å². The molecule has 0 radical (unpaired) electrons. The largest absolute Gasteiger partial charge is 0.352 e. The van der Waals surface area contributed by atoms with Gasteiger partial charge < -0.3 is 10.2 Å². The minimum atomic E-state index is -0.549. The fraction of sp³-hybridized carbons (Fsp3) is 0.417. The molecule has 166 valence electrons. The van der Waals surface area contributed by atoms with E-state index in [4.69, 9.17) is 34.8 Å². The number of rotatable bonds is 8. The Morgan fingerprint density at radius 2 is 1.65 bits per heavy atom. The van der Waals surface area contributed by atoms with Crippen LogP contribution in [0.4, 0.5) is 0 Å². The first-order valence-corrected chi connectivity index (χ1v) is 11.8. The van der Waals surface area contributed by atoms with E-state index in [0.717, 1.165) is 36.8 Å². The molecule has 1 saturated carbocycles.